The Balaban J connectivity index is 2.08. The molecule has 1 aromatic rings. The SMILES string of the molecule is CC(=O)CC1CCCCN1Cc1cc(F)cc(Br)c1. The zero-order chi connectivity index (χ0) is 13.8. The molecule has 0 saturated carbocycles. The molecule has 0 N–H and O–H groups in total. The lowest BCUT2D eigenvalue weighted by Gasteiger charge is -2.35. The van der Waals surface area contributed by atoms with Crippen molar-refractivity contribution in [2.45, 2.75) is 45.2 Å². The lowest BCUT2D eigenvalue weighted by molar-refractivity contribution is -0.118. The standard InChI is InChI=1S/C15H19BrFNO/c1-11(19)6-15-4-2-3-5-18(15)10-12-7-13(16)9-14(17)8-12/h7-9,15H,2-6,10H2,1H3. The summed E-state index contributed by atoms with van der Waals surface area (Å²) in [5.41, 5.74) is 0.960. The molecule has 1 fully saturated rings. The van der Waals surface area contributed by atoms with Crippen molar-refractivity contribution in [3.8, 4) is 0 Å². The Morgan fingerprint density at radius 2 is 2.21 bits per heavy atom. The van der Waals surface area contributed by atoms with Gasteiger partial charge >= 0.3 is 0 Å². The predicted octanol–water partition coefficient (Wildman–Crippen LogP) is 3.92. The Bertz CT molecular complexity index is 443. The Hall–Kier alpha value is -0.740. The van der Waals surface area contributed by atoms with Gasteiger partial charge in [-0.1, -0.05) is 22.4 Å². The first-order valence-electron chi connectivity index (χ1n) is 6.73. The predicted molar refractivity (Wildman–Crippen MR) is 77.4 cm³/mol. The molecule has 0 aliphatic carbocycles. The lowest BCUT2D eigenvalue weighted by Crippen LogP contribution is -2.40. The van der Waals surface area contributed by atoms with Crippen LogP contribution in [-0.2, 0) is 11.3 Å². The molecular formula is C15H19BrFNO. The molecule has 1 aliphatic heterocycles. The number of piperidine rings is 1. The molecule has 1 aliphatic rings. The molecular weight excluding hydrogens is 309 g/mol. The monoisotopic (exact) mass is 327 g/mol. The second-order valence-electron chi connectivity index (χ2n) is 5.30. The van der Waals surface area contributed by atoms with Crippen LogP contribution in [0.3, 0.4) is 0 Å². The minimum atomic E-state index is -0.218. The van der Waals surface area contributed by atoms with E-state index in [-0.39, 0.29) is 11.6 Å². The Kier molecular flexibility index (Phi) is 5.11. The third kappa shape index (κ3) is 4.39. The van der Waals surface area contributed by atoms with E-state index in [2.05, 4.69) is 20.8 Å². The highest BCUT2D eigenvalue weighted by atomic mass is 79.9. The van der Waals surface area contributed by atoms with Crippen molar-refractivity contribution >= 4 is 21.7 Å². The van der Waals surface area contributed by atoms with E-state index in [4.69, 9.17) is 0 Å². The largest absolute Gasteiger partial charge is 0.300 e. The third-order valence-electron chi connectivity index (χ3n) is 3.58. The molecule has 0 radical (unpaired) electrons. The number of ketones is 1. The highest BCUT2D eigenvalue weighted by molar-refractivity contribution is 9.10. The summed E-state index contributed by atoms with van der Waals surface area (Å²) in [5.74, 6) is 0.0156. The molecule has 2 nitrogen and oxygen atoms in total. The summed E-state index contributed by atoms with van der Waals surface area (Å²) < 4.78 is 14.2. The third-order valence-corrected chi connectivity index (χ3v) is 4.04. The van der Waals surface area contributed by atoms with Crippen molar-refractivity contribution in [2.24, 2.45) is 0 Å². The molecule has 0 aromatic heterocycles. The van der Waals surface area contributed by atoms with Crippen LogP contribution in [-0.4, -0.2) is 23.3 Å². The molecule has 104 valence electrons. The fraction of sp³-hybridized carbons (Fsp3) is 0.533. The van der Waals surface area contributed by atoms with Gasteiger partial charge in [-0.3, -0.25) is 9.69 Å². The summed E-state index contributed by atoms with van der Waals surface area (Å²) in [6.07, 6.45) is 4.01. The number of Topliss-reactive ketones (excluding diaryl/α,β-unsaturated/α-hetero) is 1. The van der Waals surface area contributed by atoms with Crippen molar-refractivity contribution in [3.05, 3.63) is 34.1 Å². The number of benzene rings is 1. The number of carbonyl (C=O) groups is 1. The highest BCUT2D eigenvalue weighted by Gasteiger charge is 2.23. The van der Waals surface area contributed by atoms with E-state index in [1.54, 1.807) is 13.0 Å². The van der Waals surface area contributed by atoms with E-state index in [1.807, 2.05) is 6.07 Å². The first-order valence-corrected chi connectivity index (χ1v) is 7.52. The number of nitrogens with zero attached hydrogens (tertiary/aromatic N) is 1. The number of hydrogen-bond acceptors (Lipinski definition) is 2. The summed E-state index contributed by atoms with van der Waals surface area (Å²) in [7, 11) is 0. The minimum Gasteiger partial charge on any atom is -0.300 e. The summed E-state index contributed by atoms with van der Waals surface area (Å²) in [6.45, 7) is 3.35. The summed E-state index contributed by atoms with van der Waals surface area (Å²) >= 11 is 3.32. The first kappa shape index (κ1) is 14.7. The smallest absolute Gasteiger partial charge is 0.131 e. The zero-order valence-electron chi connectivity index (χ0n) is 11.2. The first-order chi connectivity index (χ1) is 9.04. The molecule has 1 atom stereocenters. The molecule has 1 aromatic carbocycles. The van der Waals surface area contributed by atoms with E-state index in [0.29, 0.717) is 19.0 Å². The minimum absolute atomic E-state index is 0.218. The second kappa shape index (κ2) is 6.62. The van der Waals surface area contributed by atoms with Gasteiger partial charge in [0, 0.05) is 23.5 Å². The van der Waals surface area contributed by atoms with Gasteiger partial charge in [0.25, 0.3) is 0 Å². The average Bonchev–Trinajstić information content (AvgIpc) is 2.29. The van der Waals surface area contributed by atoms with Gasteiger partial charge in [-0.2, -0.15) is 0 Å². The van der Waals surface area contributed by atoms with E-state index < -0.39 is 0 Å². The molecule has 19 heavy (non-hydrogen) atoms. The summed E-state index contributed by atoms with van der Waals surface area (Å²) in [5, 5.41) is 0. The van der Waals surface area contributed by atoms with Gasteiger partial charge in [0.05, 0.1) is 0 Å². The fourth-order valence-corrected chi connectivity index (χ4v) is 3.28. The van der Waals surface area contributed by atoms with E-state index in [1.165, 1.54) is 12.5 Å². The van der Waals surface area contributed by atoms with E-state index >= 15 is 0 Å². The van der Waals surface area contributed by atoms with Gasteiger partial charge in [-0.25, -0.2) is 4.39 Å². The van der Waals surface area contributed by atoms with Crippen LogP contribution in [0.15, 0.2) is 22.7 Å². The number of hydrogen-bond donors (Lipinski definition) is 0. The van der Waals surface area contributed by atoms with Crippen LogP contribution in [0.2, 0.25) is 0 Å². The number of carbonyl (C=O) groups excluding carboxylic acids is 1. The molecule has 1 heterocycles. The van der Waals surface area contributed by atoms with Crippen LogP contribution in [0.4, 0.5) is 4.39 Å². The maximum atomic E-state index is 13.4. The van der Waals surface area contributed by atoms with Crippen molar-refractivity contribution < 1.29 is 9.18 Å². The molecule has 0 bridgehead atoms. The van der Waals surface area contributed by atoms with Crippen LogP contribution in [0.5, 0.6) is 0 Å². The normalized spacial score (nSPS) is 20.5. The maximum Gasteiger partial charge on any atom is 0.131 e. The molecule has 0 spiro atoms. The Morgan fingerprint density at radius 1 is 1.42 bits per heavy atom. The lowest BCUT2D eigenvalue weighted by atomic mass is 9.97. The Labute approximate surface area is 122 Å². The van der Waals surface area contributed by atoms with Gasteiger partial charge in [-0.15, -0.1) is 0 Å². The molecule has 1 unspecified atom stereocenters. The van der Waals surface area contributed by atoms with Gasteiger partial charge in [0.15, 0.2) is 0 Å². The molecule has 1 saturated heterocycles. The number of likely N-dealkylation sites (tertiary alicyclic amines) is 1. The van der Waals surface area contributed by atoms with Crippen molar-refractivity contribution in [3.63, 3.8) is 0 Å². The number of rotatable bonds is 4. The van der Waals surface area contributed by atoms with Gasteiger partial charge in [0.1, 0.15) is 11.6 Å². The quantitative estimate of drug-likeness (QED) is 0.835. The van der Waals surface area contributed by atoms with E-state index in [0.717, 1.165) is 29.4 Å². The fourth-order valence-electron chi connectivity index (χ4n) is 2.77. The zero-order valence-corrected chi connectivity index (χ0v) is 12.7. The van der Waals surface area contributed by atoms with Gasteiger partial charge in [-0.05, 0) is 50.1 Å². The van der Waals surface area contributed by atoms with Crippen molar-refractivity contribution in [1.82, 2.24) is 4.90 Å². The Morgan fingerprint density at radius 3 is 2.89 bits per heavy atom. The molecule has 0 amide bonds. The molecule has 2 rings (SSSR count). The van der Waals surface area contributed by atoms with Gasteiger partial charge in [0.2, 0.25) is 0 Å². The van der Waals surface area contributed by atoms with Gasteiger partial charge < -0.3 is 0 Å². The number of halogens is 2. The molecule has 4 heteroatoms. The highest BCUT2D eigenvalue weighted by Crippen LogP contribution is 2.23. The van der Waals surface area contributed by atoms with Crippen LogP contribution in [0.25, 0.3) is 0 Å². The van der Waals surface area contributed by atoms with Crippen LogP contribution < -0.4 is 0 Å². The van der Waals surface area contributed by atoms with Crippen LogP contribution >= 0.6 is 15.9 Å². The average molecular weight is 328 g/mol. The van der Waals surface area contributed by atoms with Crippen LogP contribution in [0.1, 0.15) is 38.2 Å². The maximum absolute atomic E-state index is 13.4. The summed E-state index contributed by atoms with van der Waals surface area (Å²) in [4.78, 5) is 13.6. The van der Waals surface area contributed by atoms with Crippen LogP contribution in [0, 0.1) is 5.82 Å². The summed E-state index contributed by atoms with van der Waals surface area (Å²) in [6, 6.07) is 5.30. The second-order valence-corrected chi connectivity index (χ2v) is 6.22. The topological polar surface area (TPSA) is 20.3 Å². The van der Waals surface area contributed by atoms with E-state index in [9.17, 15) is 9.18 Å². The van der Waals surface area contributed by atoms with Crippen molar-refractivity contribution in [1.29, 1.82) is 0 Å². The van der Waals surface area contributed by atoms with Crippen molar-refractivity contribution in [2.75, 3.05) is 6.54 Å².